The van der Waals surface area contributed by atoms with Gasteiger partial charge in [-0.3, -0.25) is 9.59 Å². The number of carbonyl (C=O) groups excluding carboxylic acids is 4. The first-order valence-corrected chi connectivity index (χ1v) is 5.41. The van der Waals surface area contributed by atoms with Crippen LogP contribution in [0.2, 0.25) is 0 Å². The lowest BCUT2D eigenvalue weighted by atomic mass is 9.96. The summed E-state index contributed by atoms with van der Waals surface area (Å²) in [5.74, 6) is -1.92. The number of imide groups is 1. The Bertz CT molecular complexity index is 363. The Morgan fingerprint density at radius 1 is 1.35 bits per heavy atom. The molecular formula is C11H15NO5. The van der Waals surface area contributed by atoms with Crippen LogP contribution in [0.3, 0.4) is 0 Å². The Hall–Kier alpha value is -1.72. The molecule has 6 nitrogen and oxygen atoms in total. The zero-order chi connectivity index (χ0) is 13.0. The SMILES string of the molecule is CC(=O)CCC(C(C)=O)C(=O)N1CCOC1=O. The lowest BCUT2D eigenvalue weighted by Crippen LogP contribution is -2.39. The molecule has 0 aromatic carbocycles. The molecule has 0 N–H and O–H groups in total. The van der Waals surface area contributed by atoms with E-state index in [-0.39, 0.29) is 37.6 Å². The van der Waals surface area contributed by atoms with E-state index in [9.17, 15) is 19.2 Å². The molecule has 1 saturated heterocycles. The quantitative estimate of drug-likeness (QED) is 0.656. The number of hydrogen-bond donors (Lipinski definition) is 0. The summed E-state index contributed by atoms with van der Waals surface area (Å²) in [5.41, 5.74) is 0. The molecule has 1 aliphatic heterocycles. The van der Waals surface area contributed by atoms with Crippen LogP contribution in [0.1, 0.15) is 26.7 Å². The smallest absolute Gasteiger partial charge is 0.416 e. The maximum absolute atomic E-state index is 11.9. The fourth-order valence-corrected chi connectivity index (χ4v) is 1.63. The van der Waals surface area contributed by atoms with Crippen molar-refractivity contribution in [1.29, 1.82) is 0 Å². The van der Waals surface area contributed by atoms with Crippen LogP contribution in [-0.2, 0) is 19.1 Å². The highest BCUT2D eigenvalue weighted by Crippen LogP contribution is 2.15. The van der Waals surface area contributed by atoms with Crippen molar-refractivity contribution in [2.75, 3.05) is 13.2 Å². The summed E-state index contributed by atoms with van der Waals surface area (Å²) in [6.07, 6.45) is -0.421. The van der Waals surface area contributed by atoms with Crippen LogP contribution in [0.4, 0.5) is 4.79 Å². The van der Waals surface area contributed by atoms with Gasteiger partial charge in [0.05, 0.1) is 12.5 Å². The van der Waals surface area contributed by atoms with Crippen molar-refractivity contribution >= 4 is 23.6 Å². The number of amides is 2. The van der Waals surface area contributed by atoms with E-state index < -0.39 is 17.9 Å². The average Bonchev–Trinajstić information content (AvgIpc) is 2.63. The van der Waals surface area contributed by atoms with Gasteiger partial charge in [-0.25, -0.2) is 9.69 Å². The summed E-state index contributed by atoms with van der Waals surface area (Å²) in [4.78, 5) is 46.2. The molecule has 1 aliphatic rings. The Morgan fingerprint density at radius 2 is 2.00 bits per heavy atom. The van der Waals surface area contributed by atoms with Gasteiger partial charge in [-0.15, -0.1) is 0 Å². The highest BCUT2D eigenvalue weighted by atomic mass is 16.6. The Kier molecular flexibility index (Phi) is 4.37. The zero-order valence-corrected chi connectivity index (χ0v) is 9.89. The molecule has 0 spiro atoms. The summed E-state index contributed by atoms with van der Waals surface area (Å²) in [6, 6.07) is 0. The highest BCUT2D eigenvalue weighted by Gasteiger charge is 2.35. The van der Waals surface area contributed by atoms with Crippen molar-refractivity contribution in [3.8, 4) is 0 Å². The largest absolute Gasteiger partial charge is 0.447 e. The Balaban J connectivity index is 2.69. The van der Waals surface area contributed by atoms with E-state index in [4.69, 9.17) is 0 Å². The van der Waals surface area contributed by atoms with Crippen molar-refractivity contribution in [2.45, 2.75) is 26.7 Å². The van der Waals surface area contributed by atoms with Crippen LogP contribution in [0, 0.1) is 5.92 Å². The van der Waals surface area contributed by atoms with E-state index >= 15 is 0 Å². The van der Waals surface area contributed by atoms with Gasteiger partial charge in [0, 0.05) is 6.42 Å². The fraction of sp³-hybridized carbons (Fsp3) is 0.636. The van der Waals surface area contributed by atoms with Crippen LogP contribution in [0.15, 0.2) is 0 Å². The van der Waals surface area contributed by atoms with Gasteiger partial charge in [0.2, 0.25) is 5.91 Å². The first-order valence-electron chi connectivity index (χ1n) is 5.41. The van der Waals surface area contributed by atoms with Gasteiger partial charge in [0.15, 0.2) is 0 Å². The zero-order valence-electron chi connectivity index (χ0n) is 9.89. The van der Waals surface area contributed by atoms with Gasteiger partial charge in [-0.2, -0.15) is 0 Å². The van der Waals surface area contributed by atoms with Crippen LogP contribution in [-0.4, -0.2) is 41.6 Å². The average molecular weight is 241 g/mol. The molecule has 1 unspecified atom stereocenters. The number of nitrogens with zero attached hydrogens (tertiary/aromatic N) is 1. The summed E-state index contributed by atoms with van der Waals surface area (Å²) in [6.45, 7) is 3.00. The topological polar surface area (TPSA) is 80.8 Å². The molecule has 1 rings (SSSR count). The van der Waals surface area contributed by atoms with Crippen LogP contribution >= 0.6 is 0 Å². The lowest BCUT2D eigenvalue weighted by molar-refractivity contribution is -0.138. The first kappa shape index (κ1) is 13.3. The standard InChI is InChI=1S/C11H15NO5/c1-7(13)3-4-9(8(2)14)10(15)12-5-6-17-11(12)16/h9H,3-6H2,1-2H3. The van der Waals surface area contributed by atoms with Gasteiger partial charge in [-0.05, 0) is 20.3 Å². The predicted octanol–water partition coefficient (Wildman–Crippen LogP) is 0.540. The molecule has 1 fully saturated rings. The van der Waals surface area contributed by atoms with Crippen molar-refractivity contribution in [1.82, 2.24) is 4.90 Å². The van der Waals surface area contributed by atoms with Crippen molar-refractivity contribution in [3.05, 3.63) is 0 Å². The molecule has 0 radical (unpaired) electrons. The van der Waals surface area contributed by atoms with E-state index in [0.717, 1.165) is 4.90 Å². The lowest BCUT2D eigenvalue weighted by Gasteiger charge is -2.17. The molecule has 1 atom stereocenters. The molecule has 1 heterocycles. The Morgan fingerprint density at radius 3 is 2.41 bits per heavy atom. The van der Waals surface area contributed by atoms with E-state index in [1.165, 1.54) is 13.8 Å². The number of cyclic esters (lactones) is 1. The van der Waals surface area contributed by atoms with Gasteiger partial charge >= 0.3 is 6.09 Å². The van der Waals surface area contributed by atoms with E-state index in [2.05, 4.69) is 4.74 Å². The molecule has 0 aliphatic carbocycles. The minimum Gasteiger partial charge on any atom is -0.447 e. The third-order valence-corrected chi connectivity index (χ3v) is 2.60. The summed E-state index contributed by atoms with van der Waals surface area (Å²) < 4.78 is 4.63. The molecule has 0 bridgehead atoms. The van der Waals surface area contributed by atoms with E-state index in [1.54, 1.807) is 0 Å². The second-order valence-electron chi connectivity index (χ2n) is 4.01. The van der Waals surface area contributed by atoms with Gasteiger partial charge in [0.25, 0.3) is 0 Å². The molecular weight excluding hydrogens is 226 g/mol. The van der Waals surface area contributed by atoms with Crippen molar-refractivity contribution in [3.63, 3.8) is 0 Å². The van der Waals surface area contributed by atoms with Crippen molar-refractivity contribution in [2.24, 2.45) is 5.92 Å². The van der Waals surface area contributed by atoms with Crippen molar-refractivity contribution < 1.29 is 23.9 Å². The molecule has 0 saturated carbocycles. The number of ketones is 2. The van der Waals surface area contributed by atoms with Gasteiger partial charge in [0.1, 0.15) is 18.2 Å². The minimum absolute atomic E-state index is 0.0898. The van der Waals surface area contributed by atoms with E-state index in [0.29, 0.717) is 0 Å². The van der Waals surface area contributed by atoms with E-state index in [1.807, 2.05) is 0 Å². The third kappa shape index (κ3) is 3.37. The maximum Gasteiger partial charge on any atom is 0.416 e. The number of carbonyl (C=O) groups is 4. The maximum atomic E-state index is 11.9. The Labute approximate surface area is 98.9 Å². The highest BCUT2D eigenvalue weighted by molar-refractivity contribution is 6.05. The second-order valence-corrected chi connectivity index (χ2v) is 4.01. The summed E-state index contributed by atoms with van der Waals surface area (Å²) >= 11 is 0. The van der Waals surface area contributed by atoms with Gasteiger partial charge < -0.3 is 9.53 Å². The number of rotatable bonds is 5. The van der Waals surface area contributed by atoms with Gasteiger partial charge in [-0.1, -0.05) is 0 Å². The fourth-order valence-electron chi connectivity index (χ4n) is 1.63. The van der Waals surface area contributed by atoms with Crippen LogP contribution in [0.25, 0.3) is 0 Å². The molecule has 0 aromatic rings. The second kappa shape index (κ2) is 5.56. The number of Topliss-reactive ketones (excluding diaryl/α,β-unsaturated/α-hetero) is 2. The summed E-state index contributed by atoms with van der Waals surface area (Å²) in [7, 11) is 0. The summed E-state index contributed by atoms with van der Waals surface area (Å²) in [5, 5.41) is 0. The normalized spacial score (nSPS) is 16.6. The number of ether oxygens (including phenoxy) is 1. The molecule has 2 amide bonds. The molecule has 6 heteroatoms. The molecule has 17 heavy (non-hydrogen) atoms. The first-order chi connectivity index (χ1) is 7.93. The monoisotopic (exact) mass is 241 g/mol. The third-order valence-electron chi connectivity index (χ3n) is 2.60. The molecule has 94 valence electrons. The predicted molar refractivity (Wildman–Crippen MR) is 57.1 cm³/mol. The number of hydrogen-bond acceptors (Lipinski definition) is 5. The van der Waals surface area contributed by atoms with Crippen LogP contribution < -0.4 is 0 Å². The minimum atomic E-state index is -0.926. The van der Waals surface area contributed by atoms with Crippen LogP contribution in [0.5, 0.6) is 0 Å². The molecule has 0 aromatic heterocycles.